The fourth-order valence-electron chi connectivity index (χ4n) is 4.54. The Morgan fingerprint density at radius 3 is 2.41 bits per heavy atom. The number of carbonyl (C=O) groups excluding carboxylic acids is 1. The highest BCUT2D eigenvalue weighted by Gasteiger charge is 2.40. The van der Waals surface area contributed by atoms with E-state index < -0.39 is 11.5 Å². The normalized spacial score (nSPS) is 16.4. The summed E-state index contributed by atoms with van der Waals surface area (Å²) in [6.07, 6.45) is 2.53. The Labute approximate surface area is 201 Å². The topological polar surface area (TPSA) is 81.2 Å². The number of hydrogen-bond donors (Lipinski definition) is 3. The summed E-state index contributed by atoms with van der Waals surface area (Å²) in [4.78, 5) is 14.5. The molecule has 0 bridgehead atoms. The third-order valence-corrected chi connectivity index (χ3v) is 7.15. The largest absolute Gasteiger partial charge is 0.388 e. The van der Waals surface area contributed by atoms with Crippen molar-refractivity contribution in [3.8, 4) is 0 Å². The molecule has 1 aliphatic rings. The number of likely N-dealkylation sites (tertiary alicyclic amines) is 1. The minimum Gasteiger partial charge on any atom is -0.388 e. The molecule has 3 aromatic rings. The van der Waals surface area contributed by atoms with Gasteiger partial charge in [-0.25, -0.2) is 4.79 Å². The molecule has 4 rings (SSSR count). The Bertz CT molecular complexity index is 1120. The first-order valence-corrected chi connectivity index (χ1v) is 11.6. The number of rotatable bonds is 4. The molecule has 0 radical (unpaired) electrons. The number of carbonyl (C=O) groups is 1. The van der Waals surface area contributed by atoms with Crippen molar-refractivity contribution in [2.75, 3.05) is 18.4 Å². The molecule has 0 aliphatic carbocycles. The van der Waals surface area contributed by atoms with Crippen LogP contribution in [0.2, 0.25) is 15.1 Å². The van der Waals surface area contributed by atoms with Crippen LogP contribution in [-0.4, -0.2) is 39.3 Å². The number of nitrogens with one attached hydrogen (secondary N) is 2. The minimum absolute atomic E-state index is 0.186. The maximum Gasteiger partial charge on any atom is 0.321 e. The van der Waals surface area contributed by atoms with Crippen molar-refractivity contribution in [2.24, 2.45) is 11.3 Å². The van der Waals surface area contributed by atoms with E-state index in [2.05, 4.69) is 29.4 Å². The lowest BCUT2D eigenvalue weighted by molar-refractivity contribution is -0.0138. The predicted molar refractivity (Wildman–Crippen MR) is 130 cm³/mol. The highest BCUT2D eigenvalue weighted by atomic mass is 35.5. The van der Waals surface area contributed by atoms with Crippen molar-refractivity contribution in [3.63, 3.8) is 0 Å². The third kappa shape index (κ3) is 4.69. The summed E-state index contributed by atoms with van der Waals surface area (Å²) >= 11 is 18.3. The molecule has 1 unspecified atom stereocenters. The molecule has 0 spiro atoms. The average molecular weight is 496 g/mol. The first-order chi connectivity index (χ1) is 15.1. The number of piperidine rings is 1. The Balaban J connectivity index is 1.43. The van der Waals surface area contributed by atoms with Crippen LogP contribution in [0.5, 0.6) is 0 Å². The molecule has 0 saturated carbocycles. The Morgan fingerprint density at radius 1 is 1.12 bits per heavy atom. The molecule has 3 N–H and O–H groups in total. The van der Waals surface area contributed by atoms with Gasteiger partial charge in [-0.15, -0.1) is 0 Å². The second-order valence-electron chi connectivity index (χ2n) is 8.90. The zero-order valence-corrected chi connectivity index (χ0v) is 20.1. The van der Waals surface area contributed by atoms with Crippen molar-refractivity contribution in [1.82, 2.24) is 15.1 Å². The molecule has 1 aliphatic heterocycles. The number of urea groups is 1. The summed E-state index contributed by atoms with van der Waals surface area (Å²) in [5, 5.41) is 23.6. The van der Waals surface area contributed by atoms with Gasteiger partial charge in [-0.05, 0) is 54.5 Å². The molecule has 2 amide bonds. The van der Waals surface area contributed by atoms with Gasteiger partial charge < -0.3 is 15.3 Å². The van der Waals surface area contributed by atoms with Crippen LogP contribution >= 0.6 is 34.8 Å². The average Bonchev–Trinajstić information content (AvgIpc) is 3.20. The standard InChI is InChI=1S/C23H25Cl3N4O2/c1-23(2,21(31)19-11-15(24)7-13-12-27-29-20(13)19)14-3-5-30(6-4-14)22(32)28-18-9-16(25)8-17(26)10-18/h7-12,14,21,31H,3-6H2,1-2H3,(H,27,29)(H,28,32). The van der Waals surface area contributed by atoms with Crippen LogP contribution in [0.4, 0.5) is 10.5 Å². The molecule has 170 valence electrons. The number of aliphatic hydroxyl groups excluding tert-OH is 1. The van der Waals surface area contributed by atoms with Gasteiger partial charge in [-0.3, -0.25) is 5.10 Å². The van der Waals surface area contributed by atoms with Crippen molar-refractivity contribution < 1.29 is 9.90 Å². The van der Waals surface area contributed by atoms with E-state index in [-0.39, 0.29) is 11.9 Å². The summed E-state index contributed by atoms with van der Waals surface area (Å²) < 4.78 is 0. The van der Waals surface area contributed by atoms with Gasteiger partial charge in [0.25, 0.3) is 0 Å². The molecule has 1 aromatic heterocycles. The van der Waals surface area contributed by atoms with Gasteiger partial charge in [0, 0.05) is 44.8 Å². The first kappa shape index (κ1) is 23.2. The Kier molecular flexibility index (Phi) is 6.59. The van der Waals surface area contributed by atoms with E-state index in [9.17, 15) is 9.90 Å². The van der Waals surface area contributed by atoms with Crippen LogP contribution in [0.3, 0.4) is 0 Å². The van der Waals surface area contributed by atoms with Crippen LogP contribution in [0, 0.1) is 11.3 Å². The van der Waals surface area contributed by atoms with E-state index in [1.54, 1.807) is 35.4 Å². The lowest BCUT2D eigenvalue weighted by atomic mass is 9.68. The lowest BCUT2D eigenvalue weighted by Crippen LogP contribution is -2.45. The molecular formula is C23H25Cl3N4O2. The van der Waals surface area contributed by atoms with E-state index in [1.807, 2.05) is 6.07 Å². The van der Waals surface area contributed by atoms with E-state index in [0.717, 1.165) is 29.3 Å². The predicted octanol–water partition coefficient (Wildman–Crippen LogP) is 6.53. The molecule has 32 heavy (non-hydrogen) atoms. The number of halogens is 3. The van der Waals surface area contributed by atoms with Gasteiger partial charge in [0.1, 0.15) is 0 Å². The molecule has 1 fully saturated rings. The van der Waals surface area contributed by atoms with E-state index >= 15 is 0 Å². The van der Waals surface area contributed by atoms with Gasteiger partial charge in [-0.2, -0.15) is 5.10 Å². The fraction of sp³-hybridized carbons (Fsp3) is 0.391. The van der Waals surface area contributed by atoms with Crippen LogP contribution in [0.1, 0.15) is 38.4 Å². The summed E-state index contributed by atoms with van der Waals surface area (Å²) in [7, 11) is 0. The number of hydrogen-bond acceptors (Lipinski definition) is 3. The Hall–Kier alpha value is -1.99. The fourth-order valence-corrected chi connectivity index (χ4v) is 5.30. The highest BCUT2D eigenvalue weighted by molar-refractivity contribution is 6.35. The zero-order chi connectivity index (χ0) is 23.0. The SMILES string of the molecule is CC(C)(C1CCN(C(=O)Nc2cc(Cl)cc(Cl)c2)CC1)C(O)c1cc(Cl)cc2cn[nH]c12. The smallest absolute Gasteiger partial charge is 0.321 e. The number of fused-ring (bicyclic) bond motifs is 1. The first-order valence-electron chi connectivity index (χ1n) is 10.5. The van der Waals surface area contributed by atoms with Gasteiger partial charge in [-0.1, -0.05) is 48.7 Å². The molecule has 2 aromatic carbocycles. The minimum atomic E-state index is -0.733. The summed E-state index contributed by atoms with van der Waals surface area (Å²) in [5.74, 6) is 0.221. The van der Waals surface area contributed by atoms with Crippen LogP contribution in [-0.2, 0) is 0 Å². The highest BCUT2D eigenvalue weighted by Crippen LogP contribution is 2.46. The summed E-state index contributed by atoms with van der Waals surface area (Å²) in [6, 6.07) is 8.39. The van der Waals surface area contributed by atoms with E-state index in [0.29, 0.717) is 33.8 Å². The summed E-state index contributed by atoms with van der Waals surface area (Å²) in [5.41, 5.74) is 1.68. The van der Waals surface area contributed by atoms with Gasteiger partial charge in [0.15, 0.2) is 0 Å². The quantitative estimate of drug-likeness (QED) is 0.385. The van der Waals surface area contributed by atoms with E-state index in [1.165, 1.54) is 0 Å². The van der Waals surface area contributed by atoms with Crippen molar-refractivity contribution in [1.29, 1.82) is 0 Å². The number of aromatic amines is 1. The Morgan fingerprint density at radius 2 is 1.75 bits per heavy atom. The van der Waals surface area contributed by atoms with E-state index in [4.69, 9.17) is 34.8 Å². The number of amides is 2. The molecule has 6 nitrogen and oxygen atoms in total. The maximum atomic E-state index is 12.7. The van der Waals surface area contributed by atoms with Crippen LogP contribution in [0.25, 0.3) is 10.9 Å². The van der Waals surface area contributed by atoms with Crippen LogP contribution in [0.15, 0.2) is 36.5 Å². The van der Waals surface area contributed by atoms with Gasteiger partial charge >= 0.3 is 6.03 Å². The number of anilines is 1. The number of benzene rings is 2. The zero-order valence-electron chi connectivity index (χ0n) is 17.8. The molecule has 9 heteroatoms. The monoisotopic (exact) mass is 494 g/mol. The molecule has 2 heterocycles. The van der Waals surface area contributed by atoms with Crippen molar-refractivity contribution in [3.05, 3.63) is 57.2 Å². The molecular weight excluding hydrogens is 471 g/mol. The second kappa shape index (κ2) is 9.10. The summed E-state index contributed by atoms with van der Waals surface area (Å²) in [6.45, 7) is 5.32. The molecule has 1 saturated heterocycles. The second-order valence-corrected chi connectivity index (χ2v) is 10.2. The lowest BCUT2D eigenvalue weighted by Gasteiger charge is -2.43. The number of nitrogens with zero attached hydrogens (tertiary/aromatic N) is 2. The van der Waals surface area contributed by atoms with Crippen molar-refractivity contribution >= 4 is 57.4 Å². The molecule has 1 atom stereocenters. The maximum absolute atomic E-state index is 12.7. The van der Waals surface area contributed by atoms with Crippen molar-refractivity contribution in [2.45, 2.75) is 32.8 Å². The van der Waals surface area contributed by atoms with Gasteiger partial charge in [0.2, 0.25) is 0 Å². The van der Waals surface area contributed by atoms with Crippen LogP contribution < -0.4 is 5.32 Å². The number of aliphatic hydroxyl groups is 1. The van der Waals surface area contributed by atoms with Gasteiger partial charge in [0.05, 0.1) is 17.8 Å². The number of aromatic nitrogens is 2. The number of H-pyrrole nitrogens is 1. The third-order valence-electron chi connectivity index (χ3n) is 6.49.